The number of aromatic amines is 2. The van der Waals surface area contributed by atoms with Crippen molar-refractivity contribution in [1.29, 1.82) is 0 Å². The molecule has 1 saturated heterocycles. The van der Waals surface area contributed by atoms with Crippen molar-refractivity contribution in [1.82, 2.24) is 35.1 Å². The number of fused-ring (bicyclic) bond motifs is 2. The third-order valence-corrected chi connectivity index (χ3v) is 6.77. The molecule has 1 aliphatic heterocycles. The number of benzene rings is 1. The summed E-state index contributed by atoms with van der Waals surface area (Å²) in [7, 11) is 1.52. The van der Waals surface area contributed by atoms with E-state index in [0.717, 1.165) is 46.5 Å². The molecule has 5 aromatic heterocycles. The number of aromatic nitrogens is 7. The van der Waals surface area contributed by atoms with Gasteiger partial charge in [0.15, 0.2) is 0 Å². The Kier molecular flexibility index (Phi) is 5.05. The van der Waals surface area contributed by atoms with Crippen LogP contribution in [0.25, 0.3) is 55.8 Å². The zero-order chi connectivity index (χ0) is 25.8. The van der Waals surface area contributed by atoms with E-state index in [0.29, 0.717) is 34.0 Å². The van der Waals surface area contributed by atoms with Gasteiger partial charge in [0.25, 0.3) is 0 Å². The highest BCUT2D eigenvalue weighted by atomic mass is 19.1. The zero-order valence-corrected chi connectivity index (χ0v) is 20.3. The molecule has 0 atom stereocenters. The number of ether oxygens (including phenoxy) is 1. The lowest BCUT2D eigenvalue weighted by Crippen LogP contribution is -2.56. The summed E-state index contributed by atoms with van der Waals surface area (Å²) in [5.74, 6) is 0.854. The Morgan fingerprint density at radius 1 is 1.03 bits per heavy atom. The van der Waals surface area contributed by atoms with Gasteiger partial charge in [-0.1, -0.05) is 0 Å². The third kappa shape index (κ3) is 3.71. The van der Waals surface area contributed by atoms with E-state index in [1.807, 2.05) is 18.2 Å². The predicted octanol–water partition coefficient (Wildman–Crippen LogP) is 3.92. The van der Waals surface area contributed by atoms with Crippen molar-refractivity contribution >= 4 is 27.8 Å². The second kappa shape index (κ2) is 8.60. The van der Waals surface area contributed by atoms with Crippen LogP contribution in [-0.2, 0) is 0 Å². The van der Waals surface area contributed by atoms with Crippen LogP contribution >= 0.6 is 0 Å². The number of anilines is 1. The fourth-order valence-electron chi connectivity index (χ4n) is 4.84. The highest BCUT2D eigenvalue weighted by Gasteiger charge is 2.25. The maximum atomic E-state index is 14.2. The van der Waals surface area contributed by atoms with Crippen LogP contribution < -0.4 is 15.4 Å². The number of H-pyrrole nitrogens is 2. The van der Waals surface area contributed by atoms with Gasteiger partial charge in [0.05, 0.1) is 42.6 Å². The molecule has 1 aromatic carbocycles. The fourth-order valence-corrected chi connectivity index (χ4v) is 4.84. The lowest BCUT2D eigenvalue weighted by Gasteiger charge is -2.37. The first-order valence-corrected chi connectivity index (χ1v) is 12.1. The smallest absolute Gasteiger partial charge is 0.147 e. The quantitative estimate of drug-likeness (QED) is 0.320. The van der Waals surface area contributed by atoms with Crippen LogP contribution in [0.1, 0.15) is 0 Å². The summed E-state index contributed by atoms with van der Waals surface area (Å²) in [6, 6.07) is 10.6. The number of nitrogens with zero attached hydrogens (tertiary/aromatic N) is 6. The number of nitrogens with one attached hydrogen (secondary N) is 2. The van der Waals surface area contributed by atoms with Crippen molar-refractivity contribution < 1.29 is 9.13 Å². The molecule has 1 fully saturated rings. The standard InChI is InChI=1S/C27H22FN9O/c1-38-17-5-14(4-15(28)6-17)18-2-3-31-27-19(18)7-22(34-27)26-20-8-21(32-10-23(20)35-36-26)24-9-30-11-25(33-24)37-12-16(29)13-37/h2-11,16H,12-13,29H2,1H3,(H,31,34)(H,35,36). The molecule has 38 heavy (non-hydrogen) atoms. The van der Waals surface area contributed by atoms with Gasteiger partial charge in [-0.2, -0.15) is 5.10 Å². The summed E-state index contributed by atoms with van der Waals surface area (Å²) in [5.41, 5.74) is 11.7. The normalized spacial score (nSPS) is 13.8. The number of methoxy groups -OCH3 is 1. The van der Waals surface area contributed by atoms with Crippen molar-refractivity contribution in [2.75, 3.05) is 25.1 Å². The molecule has 0 radical (unpaired) electrons. The van der Waals surface area contributed by atoms with Crippen molar-refractivity contribution in [3.8, 4) is 39.7 Å². The van der Waals surface area contributed by atoms with Gasteiger partial charge in [0.1, 0.15) is 34.4 Å². The van der Waals surface area contributed by atoms with Gasteiger partial charge in [-0.3, -0.25) is 15.1 Å². The highest BCUT2D eigenvalue weighted by Crippen LogP contribution is 2.35. The average molecular weight is 508 g/mol. The number of hydrogen-bond acceptors (Lipinski definition) is 8. The summed E-state index contributed by atoms with van der Waals surface area (Å²) < 4.78 is 19.5. The van der Waals surface area contributed by atoms with Crippen LogP contribution in [0.5, 0.6) is 5.75 Å². The minimum absolute atomic E-state index is 0.165. The largest absolute Gasteiger partial charge is 0.497 e. The Hall–Kier alpha value is -4.90. The van der Waals surface area contributed by atoms with Gasteiger partial charge in [0, 0.05) is 42.2 Å². The molecular formula is C27H22FN9O. The maximum absolute atomic E-state index is 14.2. The monoisotopic (exact) mass is 507 g/mol. The lowest BCUT2D eigenvalue weighted by atomic mass is 10.0. The van der Waals surface area contributed by atoms with Crippen LogP contribution in [0.15, 0.2) is 61.2 Å². The second-order valence-corrected chi connectivity index (χ2v) is 9.30. The Bertz CT molecular complexity index is 1820. The molecule has 0 saturated carbocycles. The third-order valence-electron chi connectivity index (χ3n) is 6.77. The minimum atomic E-state index is -0.373. The molecule has 0 spiro atoms. The molecule has 0 amide bonds. The van der Waals surface area contributed by atoms with Crippen LogP contribution in [0.2, 0.25) is 0 Å². The van der Waals surface area contributed by atoms with E-state index in [9.17, 15) is 4.39 Å². The van der Waals surface area contributed by atoms with Crippen molar-refractivity contribution in [3.63, 3.8) is 0 Å². The summed E-state index contributed by atoms with van der Waals surface area (Å²) in [5, 5.41) is 9.32. The SMILES string of the molecule is COc1cc(F)cc(-c2ccnc3[nH]c(-c4n[nH]c5cnc(-c6cncc(N7CC(N)C7)n6)cc45)cc23)c1. The topological polar surface area (TPSA) is 135 Å². The van der Waals surface area contributed by atoms with Gasteiger partial charge in [-0.15, -0.1) is 0 Å². The first-order chi connectivity index (χ1) is 18.6. The molecule has 188 valence electrons. The first kappa shape index (κ1) is 22.3. The Labute approximate surface area is 215 Å². The molecule has 7 rings (SSSR count). The van der Waals surface area contributed by atoms with Crippen LogP contribution in [-0.4, -0.2) is 61.4 Å². The second-order valence-electron chi connectivity index (χ2n) is 9.30. The molecule has 1 aliphatic rings. The van der Waals surface area contributed by atoms with E-state index in [1.165, 1.54) is 19.2 Å². The molecule has 6 aromatic rings. The fraction of sp³-hybridized carbons (Fsp3) is 0.148. The van der Waals surface area contributed by atoms with Crippen molar-refractivity contribution in [2.45, 2.75) is 6.04 Å². The average Bonchev–Trinajstić information content (AvgIpc) is 3.54. The molecule has 0 bridgehead atoms. The number of nitrogens with two attached hydrogens (primary N) is 1. The number of rotatable bonds is 5. The number of halogens is 1. The molecular weight excluding hydrogens is 485 g/mol. The number of pyridine rings is 2. The summed E-state index contributed by atoms with van der Waals surface area (Å²) in [6.45, 7) is 1.52. The van der Waals surface area contributed by atoms with E-state index in [4.69, 9.17) is 15.5 Å². The molecule has 0 unspecified atom stereocenters. The Balaban J connectivity index is 1.30. The Morgan fingerprint density at radius 2 is 1.92 bits per heavy atom. The van der Waals surface area contributed by atoms with E-state index in [-0.39, 0.29) is 11.9 Å². The van der Waals surface area contributed by atoms with Crippen molar-refractivity contribution in [2.24, 2.45) is 5.73 Å². The van der Waals surface area contributed by atoms with Gasteiger partial charge >= 0.3 is 0 Å². The van der Waals surface area contributed by atoms with E-state index < -0.39 is 0 Å². The van der Waals surface area contributed by atoms with Crippen LogP contribution in [0.3, 0.4) is 0 Å². The molecule has 4 N–H and O–H groups in total. The van der Waals surface area contributed by atoms with Gasteiger partial charge in [-0.25, -0.2) is 14.4 Å². The van der Waals surface area contributed by atoms with E-state index in [1.54, 1.807) is 30.9 Å². The molecule has 0 aliphatic carbocycles. The summed E-state index contributed by atoms with van der Waals surface area (Å²) in [4.78, 5) is 23.6. The predicted molar refractivity (Wildman–Crippen MR) is 142 cm³/mol. The van der Waals surface area contributed by atoms with E-state index >= 15 is 0 Å². The van der Waals surface area contributed by atoms with Crippen molar-refractivity contribution in [3.05, 3.63) is 67.0 Å². The first-order valence-electron chi connectivity index (χ1n) is 12.1. The van der Waals surface area contributed by atoms with Crippen LogP contribution in [0, 0.1) is 5.82 Å². The van der Waals surface area contributed by atoms with Gasteiger partial charge in [-0.05, 0) is 41.5 Å². The summed E-state index contributed by atoms with van der Waals surface area (Å²) >= 11 is 0. The molecule has 6 heterocycles. The van der Waals surface area contributed by atoms with Crippen LogP contribution in [0.4, 0.5) is 10.2 Å². The van der Waals surface area contributed by atoms with Gasteiger partial charge < -0.3 is 20.4 Å². The Morgan fingerprint density at radius 3 is 2.76 bits per heavy atom. The number of hydrogen-bond donors (Lipinski definition) is 3. The maximum Gasteiger partial charge on any atom is 0.147 e. The van der Waals surface area contributed by atoms with Gasteiger partial charge in [0.2, 0.25) is 0 Å². The lowest BCUT2D eigenvalue weighted by molar-refractivity contribution is 0.411. The highest BCUT2D eigenvalue weighted by molar-refractivity contribution is 6.00. The van der Waals surface area contributed by atoms with E-state index in [2.05, 4.69) is 35.0 Å². The molecule has 10 nitrogen and oxygen atoms in total. The molecule has 11 heteroatoms. The summed E-state index contributed by atoms with van der Waals surface area (Å²) in [6.07, 6.45) is 6.86. The minimum Gasteiger partial charge on any atom is -0.497 e. The zero-order valence-electron chi connectivity index (χ0n) is 20.3.